The molecular weight excluding hydrogens is 506 g/mol. The summed E-state index contributed by atoms with van der Waals surface area (Å²) in [5.74, 6) is 0.785. The summed E-state index contributed by atoms with van der Waals surface area (Å²) >= 11 is 5.86. The lowest BCUT2D eigenvalue weighted by molar-refractivity contribution is 0.414. The zero-order valence-corrected chi connectivity index (χ0v) is 22.3. The van der Waals surface area contributed by atoms with Gasteiger partial charge in [-0.05, 0) is 91.4 Å². The number of hydrogen-bond acceptors (Lipinski definition) is 5. The number of methoxy groups -OCH3 is 1. The first-order valence-corrected chi connectivity index (χ1v) is 14.0. The van der Waals surface area contributed by atoms with E-state index in [0.29, 0.717) is 10.8 Å². The molecule has 0 radical (unpaired) electrons. The number of aryl methyl sites for hydroxylation is 1. The van der Waals surface area contributed by atoms with Gasteiger partial charge in [0, 0.05) is 29.5 Å². The summed E-state index contributed by atoms with van der Waals surface area (Å²) in [6.07, 6.45) is 4.94. The number of nitrogens with one attached hydrogen (secondary N) is 2. The Hall–Kier alpha value is -3.89. The number of benzene rings is 2. The largest absolute Gasteiger partial charge is 0.497 e. The summed E-state index contributed by atoms with van der Waals surface area (Å²) < 4.78 is 33.6. The van der Waals surface area contributed by atoms with Gasteiger partial charge >= 0.3 is 0 Å². The summed E-state index contributed by atoms with van der Waals surface area (Å²) in [5.41, 5.74) is 5.04. The summed E-state index contributed by atoms with van der Waals surface area (Å²) in [6.45, 7) is 1.87. The number of sulfonamides is 1. The molecule has 0 aliphatic carbocycles. The quantitative estimate of drug-likeness (QED) is 0.332. The number of rotatable bonds is 7. The van der Waals surface area contributed by atoms with Gasteiger partial charge in [-0.3, -0.25) is 9.71 Å². The van der Waals surface area contributed by atoms with Crippen molar-refractivity contribution in [2.24, 2.45) is 0 Å². The smallest absolute Gasteiger partial charge is 0.229 e. The van der Waals surface area contributed by atoms with Gasteiger partial charge in [0.2, 0.25) is 10.0 Å². The highest BCUT2D eigenvalue weighted by Gasteiger charge is 2.42. The molecule has 37 heavy (non-hydrogen) atoms. The standard InChI is InChI=1S/C27H27N5O3S2/c1-18-17-20(11-14-22(18)30-37(3,33)34)32-26(25(29-27(32)36)23-7-4-5-15-28-23)24-8-6-16-31(24)19-9-12-21(35-2)13-10-19/h4-17,25-26,30H,1-3H3,(H,29,36)/t25-,26+/m0/s1. The Morgan fingerprint density at radius 3 is 2.43 bits per heavy atom. The van der Waals surface area contributed by atoms with E-state index in [4.69, 9.17) is 17.0 Å². The van der Waals surface area contributed by atoms with Crippen molar-refractivity contribution in [1.29, 1.82) is 0 Å². The lowest BCUT2D eigenvalue weighted by Gasteiger charge is -2.29. The van der Waals surface area contributed by atoms with Crippen molar-refractivity contribution in [3.63, 3.8) is 0 Å². The molecule has 2 aromatic heterocycles. The van der Waals surface area contributed by atoms with Gasteiger partial charge in [0.1, 0.15) is 11.8 Å². The van der Waals surface area contributed by atoms with Crippen molar-refractivity contribution in [3.05, 3.63) is 102 Å². The molecule has 0 unspecified atom stereocenters. The molecule has 0 amide bonds. The van der Waals surface area contributed by atoms with Crippen LogP contribution in [0.15, 0.2) is 85.2 Å². The van der Waals surface area contributed by atoms with E-state index >= 15 is 0 Å². The van der Waals surface area contributed by atoms with Crippen LogP contribution in [0.3, 0.4) is 0 Å². The fraction of sp³-hybridized carbons (Fsp3) is 0.185. The minimum absolute atomic E-state index is 0.213. The number of hydrogen-bond donors (Lipinski definition) is 2. The first kappa shape index (κ1) is 24.8. The van der Waals surface area contributed by atoms with Gasteiger partial charge in [0.15, 0.2) is 5.11 Å². The Kier molecular flexibility index (Phi) is 6.61. The maximum Gasteiger partial charge on any atom is 0.229 e. The Balaban J connectivity index is 1.62. The number of ether oxygens (including phenoxy) is 1. The van der Waals surface area contributed by atoms with Crippen LogP contribution in [0.5, 0.6) is 5.75 Å². The zero-order valence-electron chi connectivity index (χ0n) is 20.6. The number of pyridine rings is 1. The monoisotopic (exact) mass is 533 g/mol. The third-order valence-electron chi connectivity index (χ3n) is 6.32. The lowest BCUT2D eigenvalue weighted by Crippen LogP contribution is -2.30. The molecule has 2 aromatic carbocycles. The van der Waals surface area contributed by atoms with Crippen molar-refractivity contribution in [3.8, 4) is 11.4 Å². The minimum atomic E-state index is -3.40. The molecule has 1 fully saturated rings. The van der Waals surface area contributed by atoms with Crippen LogP contribution in [0, 0.1) is 6.92 Å². The predicted octanol–water partition coefficient (Wildman–Crippen LogP) is 4.74. The number of anilines is 2. The van der Waals surface area contributed by atoms with E-state index in [0.717, 1.165) is 40.3 Å². The first-order valence-electron chi connectivity index (χ1n) is 11.7. The van der Waals surface area contributed by atoms with Crippen LogP contribution in [0.1, 0.15) is 29.0 Å². The van der Waals surface area contributed by atoms with E-state index < -0.39 is 10.0 Å². The van der Waals surface area contributed by atoms with Gasteiger partial charge in [-0.15, -0.1) is 0 Å². The summed E-state index contributed by atoms with van der Waals surface area (Å²) in [7, 11) is -1.75. The van der Waals surface area contributed by atoms with Crippen LogP contribution in [-0.4, -0.2) is 36.4 Å². The van der Waals surface area contributed by atoms with Gasteiger partial charge in [-0.2, -0.15) is 0 Å². The molecule has 10 heteroatoms. The van der Waals surface area contributed by atoms with Gasteiger partial charge in [0.05, 0.1) is 30.8 Å². The third-order valence-corrected chi connectivity index (χ3v) is 7.22. The molecule has 8 nitrogen and oxygen atoms in total. The van der Waals surface area contributed by atoms with Crippen LogP contribution in [0.25, 0.3) is 5.69 Å². The molecule has 5 rings (SSSR count). The Bertz CT molecular complexity index is 1540. The summed E-state index contributed by atoms with van der Waals surface area (Å²) in [5, 5.41) is 4.04. The second-order valence-electron chi connectivity index (χ2n) is 8.87. The van der Waals surface area contributed by atoms with Crippen LogP contribution >= 0.6 is 12.2 Å². The molecule has 0 saturated carbocycles. The molecule has 1 aliphatic heterocycles. The SMILES string of the molecule is COc1ccc(-n2cccc2[C@@H]2[C@H](c3ccccn3)NC(=S)N2c2ccc(NS(C)(=O)=O)c(C)c2)cc1. The maximum atomic E-state index is 11.8. The second-order valence-corrected chi connectivity index (χ2v) is 11.0. The molecule has 1 aliphatic rings. The number of nitrogens with zero attached hydrogens (tertiary/aromatic N) is 3. The lowest BCUT2D eigenvalue weighted by atomic mass is 10.0. The zero-order chi connectivity index (χ0) is 26.2. The number of thiocarbonyl (C=S) groups is 1. The van der Waals surface area contributed by atoms with Crippen LogP contribution in [0.2, 0.25) is 0 Å². The Morgan fingerprint density at radius 1 is 1.03 bits per heavy atom. The third kappa shape index (κ3) is 5.03. The van der Waals surface area contributed by atoms with Crippen molar-refractivity contribution >= 4 is 38.7 Å². The van der Waals surface area contributed by atoms with E-state index in [1.54, 1.807) is 19.4 Å². The summed E-state index contributed by atoms with van der Waals surface area (Å²) in [4.78, 5) is 6.70. The average molecular weight is 534 g/mol. The normalized spacial score (nSPS) is 17.5. The molecule has 2 atom stereocenters. The van der Waals surface area contributed by atoms with E-state index in [9.17, 15) is 8.42 Å². The molecule has 0 bridgehead atoms. The molecule has 0 spiro atoms. The first-order chi connectivity index (χ1) is 17.7. The highest BCUT2D eigenvalue weighted by Crippen LogP contribution is 2.43. The van der Waals surface area contributed by atoms with Gasteiger partial charge in [0.25, 0.3) is 0 Å². The van der Waals surface area contributed by atoms with Crippen molar-refractivity contribution < 1.29 is 13.2 Å². The number of aromatic nitrogens is 2. The van der Waals surface area contributed by atoms with Gasteiger partial charge in [-0.1, -0.05) is 6.07 Å². The Labute approximate surface area is 222 Å². The summed E-state index contributed by atoms with van der Waals surface area (Å²) in [6, 6.07) is 23.0. The highest BCUT2D eigenvalue weighted by molar-refractivity contribution is 7.92. The molecule has 3 heterocycles. The maximum absolute atomic E-state index is 11.8. The Morgan fingerprint density at radius 2 is 1.78 bits per heavy atom. The van der Waals surface area contributed by atoms with Crippen LogP contribution in [-0.2, 0) is 10.0 Å². The van der Waals surface area contributed by atoms with E-state index in [1.807, 2.05) is 73.8 Å². The van der Waals surface area contributed by atoms with Gasteiger partial charge < -0.3 is 19.5 Å². The fourth-order valence-electron chi connectivity index (χ4n) is 4.66. The van der Waals surface area contributed by atoms with Crippen LogP contribution < -0.4 is 19.7 Å². The van der Waals surface area contributed by atoms with Crippen molar-refractivity contribution in [1.82, 2.24) is 14.9 Å². The second kappa shape index (κ2) is 9.87. The molecular formula is C27H27N5O3S2. The highest BCUT2D eigenvalue weighted by atomic mass is 32.2. The van der Waals surface area contributed by atoms with E-state index in [-0.39, 0.29) is 12.1 Å². The minimum Gasteiger partial charge on any atom is -0.497 e. The fourth-order valence-corrected chi connectivity index (χ4v) is 5.63. The predicted molar refractivity (Wildman–Crippen MR) is 150 cm³/mol. The molecule has 190 valence electrons. The average Bonchev–Trinajstić information content (AvgIpc) is 3.49. The molecule has 1 saturated heterocycles. The van der Waals surface area contributed by atoms with Crippen LogP contribution in [0.4, 0.5) is 11.4 Å². The van der Waals surface area contributed by atoms with Gasteiger partial charge in [-0.25, -0.2) is 8.42 Å². The molecule has 2 N–H and O–H groups in total. The molecule has 4 aromatic rings. The van der Waals surface area contributed by atoms with Crippen molar-refractivity contribution in [2.75, 3.05) is 23.0 Å². The topological polar surface area (TPSA) is 88.5 Å². The van der Waals surface area contributed by atoms with E-state index in [1.165, 1.54) is 0 Å². The van der Waals surface area contributed by atoms with E-state index in [2.05, 4.69) is 30.6 Å². The van der Waals surface area contributed by atoms with Crippen molar-refractivity contribution in [2.45, 2.75) is 19.0 Å².